The highest BCUT2D eigenvalue weighted by Crippen LogP contribution is 2.30. The SMILES string of the molecule is O=C1CCC(N2Cc3cccc(CNc4ccc(OC5CCNCC5)cc4)c3C2=O)C(=O)N1. The summed E-state index contributed by atoms with van der Waals surface area (Å²) >= 11 is 0. The molecule has 2 aromatic rings. The van der Waals surface area contributed by atoms with E-state index in [2.05, 4.69) is 16.0 Å². The number of imide groups is 1. The molecule has 3 N–H and O–H groups in total. The Morgan fingerprint density at radius 3 is 2.55 bits per heavy atom. The number of carbonyl (C=O) groups is 3. The van der Waals surface area contributed by atoms with E-state index < -0.39 is 6.04 Å². The number of benzene rings is 2. The number of hydrogen-bond acceptors (Lipinski definition) is 6. The summed E-state index contributed by atoms with van der Waals surface area (Å²) in [4.78, 5) is 38.5. The Morgan fingerprint density at radius 1 is 1.00 bits per heavy atom. The van der Waals surface area contributed by atoms with Crippen LogP contribution in [0.3, 0.4) is 0 Å². The van der Waals surface area contributed by atoms with Crippen molar-refractivity contribution >= 4 is 23.4 Å². The second-order valence-electron chi connectivity index (χ2n) is 8.80. The van der Waals surface area contributed by atoms with Gasteiger partial charge in [0.15, 0.2) is 0 Å². The summed E-state index contributed by atoms with van der Waals surface area (Å²) in [6.07, 6.45) is 2.91. The number of nitrogens with zero attached hydrogens (tertiary/aromatic N) is 1. The average Bonchev–Trinajstić information content (AvgIpc) is 3.16. The summed E-state index contributed by atoms with van der Waals surface area (Å²) < 4.78 is 6.06. The van der Waals surface area contributed by atoms with Gasteiger partial charge in [0.05, 0.1) is 0 Å². The Morgan fingerprint density at radius 2 is 1.79 bits per heavy atom. The number of rotatable bonds is 6. The first-order chi connectivity index (χ1) is 16.1. The van der Waals surface area contributed by atoms with E-state index in [-0.39, 0.29) is 30.2 Å². The second kappa shape index (κ2) is 9.23. The molecule has 3 amide bonds. The lowest BCUT2D eigenvalue weighted by atomic mass is 10.0. The van der Waals surface area contributed by atoms with Crippen molar-refractivity contribution in [3.8, 4) is 5.75 Å². The minimum atomic E-state index is -0.601. The van der Waals surface area contributed by atoms with Crippen molar-refractivity contribution in [2.75, 3.05) is 18.4 Å². The standard InChI is InChI=1S/C25H28N4O4/c30-22-9-8-21(24(31)28-22)29-15-17-3-1-2-16(23(17)25(29)32)14-27-18-4-6-19(7-5-18)33-20-10-12-26-13-11-20/h1-7,20-21,26-27H,8-15H2,(H,28,30,31). The van der Waals surface area contributed by atoms with Crippen LogP contribution in [0.4, 0.5) is 5.69 Å². The van der Waals surface area contributed by atoms with Crippen molar-refractivity contribution in [2.45, 2.75) is 50.9 Å². The van der Waals surface area contributed by atoms with E-state index in [1.165, 1.54) is 0 Å². The van der Waals surface area contributed by atoms with Crippen LogP contribution in [0.1, 0.15) is 47.2 Å². The van der Waals surface area contributed by atoms with Crippen LogP contribution in [0.5, 0.6) is 5.75 Å². The first-order valence-corrected chi connectivity index (χ1v) is 11.6. The van der Waals surface area contributed by atoms with Gasteiger partial charge in [-0.3, -0.25) is 19.7 Å². The van der Waals surface area contributed by atoms with Crippen LogP contribution in [0, 0.1) is 0 Å². The monoisotopic (exact) mass is 448 g/mol. The van der Waals surface area contributed by atoms with E-state index in [0.29, 0.717) is 25.1 Å². The third-order valence-electron chi connectivity index (χ3n) is 6.56. The van der Waals surface area contributed by atoms with Crippen LogP contribution < -0.4 is 20.7 Å². The normalized spacial score (nSPS) is 21.0. The lowest BCUT2D eigenvalue weighted by molar-refractivity contribution is -0.136. The van der Waals surface area contributed by atoms with Gasteiger partial charge in [-0.1, -0.05) is 18.2 Å². The zero-order valence-corrected chi connectivity index (χ0v) is 18.4. The smallest absolute Gasteiger partial charge is 0.255 e. The van der Waals surface area contributed by atoms with Gasteiger partial charge in [-0.15, -0.1) is 0 Å². The molecule has 2 aromatic carbocycles. The van der Waals surface area contributed by atoms with E-state index in [9.17, 15) is 14.4 Å². The van der Waals surface area contributed by atoms with Crippen LogP contribution in [-0.2, 0) is 22.7 Å². The molecule has 3 aliphatic rings. The van der Waals surface area contributed by atoms with Crippen LogP contribution in [0.15, 0.2) is 42.5 Å². The fraction of sp³-hybridized carbons (Fsp3) is 0.400. The largest absolute Gasteiger partial charge is 0.490 e. The minimum absolute atomic E-state index is 0.150. The molecule has 0 spiro atoms. The number of nitrogens with one attached hydrogen (secondary N) is 3. The maximum Gasteiger partial charge on any atom is 0.255 e. The van der Waals surface area contributed by atoms with Gasteiger partial charge in [-0.25, -0.2) is 0 Å². The molecule has 172 valence electrons. The highest BCUT2D eigenvalue weighted by atomic mass is 16.5. The van der Waals surface area contributed by atoms with Gasteiger partial charge < -0.3 is 20.3 Å². The predicted molar refractivity (Wildman–Crippen MR) is 123 cm³/mol. The molecule has 5 rings (SSSR count). The van der Waals surface area contributed by atoms with Crippen molar-refractivity contribution in [1.82, 2.24) is 15.5 Å². The van der Waals surface area contributed by atoms with Crippen molar-refractivity contribution < 1.29 is 19.1 Å². The maximum atomic E-state index is 13.2. The van der Waals surface area contributed by atoms with Gasteiger partial charge in [0.2, 0.25) is 11.8 Å². The molecule has 0 aromatic heterocycles. The lowest BCUT2D eigenvalue weighted by Gasteiger charge is -2.29. The van der Waals surface area contributed by atoms with Gasteiger partial charge in [-0.05, 0) is 67.7 Å². The number of carbonyl (C=O) groups excluding carboxylic acids is 3. The lowest BCUT2D eigenvalue weighted by Crippen LogP contribution is -2.52. The summed E-state index contributed by atoms with van der Waals surface area (Å²) in [6.45, 7) is 2.86. The van der Waals surface area contributed by atoms with E-state index in [1.54, 1.807) is 4.90 Å². The van der Waals surface area contributed by atoms with Gasteiger partial charge in [0.25, 0.3) is 5.91 Å². The summed E-state index contributed by atoms with van der Waals surface area (Å²) in [7, 11) is 0. The molecule has 8 nitrogen and oxygen atoms in total. The van der Waals surface area contributed by atoms with E-state index in [4.69, 9.17) is 4.74 Å². The van der Waals surface area contributed by atoms with Crippen molar-refractivity contribution in [2.24, 2.45) is 0 Å². The quantitative estimate of drug-likeness (QED) is 0.586. The highest BCUT2D eigenvalue weighted by molar-refractivity contribution is 6.06. The topological polar surface area (TPSA) is 99.8 Å². The molecule has 1 atom stereocenters. The Bertz CT molecular complexity index is 1060. The number of fused-ring (bicyclic) bond motifs is 1. The van der Waals surface area contributed by atoms with Crippen LogP contribution >= 0.6 is 0 Å². The number of amides is 3. The van der Waals surface area contributed by atoms with Gasteiger partial charge >= 0.3 is 0 Å². The fourth-order valence-electron chi connectivity index (χ4n) is 4.79. The summed E-state index contributed by atoms with van der Waals surface area (Å²) in [5, 5.41) is 9.08. The molecule has 0 saturated carbocycles. The van der Waals surface area contributed by atoms with Gasteiger partial charge in [0.1, 0.15) is 17.9 Å². The zero-order valence-electron chi connectivity index (χ0n) is 18.4. The zero-order chi connectivity index (χ0) is 22.8. The highest BCUT2D eigenvalue weighted by Gasteiger charge is 2.39. The molecule has 0 radical (unpaired) electrons. The number of hydrogen-bond donors (Lipinski definition) is 3. The molecule has 0 bridgehead atoms. The minimum Gasteiger partial charge on any atom is -0.490 e. The van der Waals surface area contributed by atoms with Crippen LogP contribution in [-0.4, -0.2) is 47.9 Å². The Labute approximate surface area is 192 Å². The Hall–Kier alpha value is -3.39. The Balaban J connectivity index is 1.23. The van der Waals surface area contributed by atoms with Crippen LogP contribution in [0.2, 0.25) is 0 Å². The molecule has 8 heteroatoms. The molecule has 3 aliphatic heterocycles. The van der Waals surface area contributed by atoms with Gasteiger partial charge in [-0.2, -0.15) is 0 Å². The molecular weight excluding hydrogens is 420 g/mol. The fourth-order valence-corrected chi connectivity index (χ4v) is 4.79. The molecule has 0 aliphatic carbocycles. The third-order valence-corrected chi connectivity index (χ3v) is 6.56. The first kappa shape index (κ1) is 21.5. The molecule has 2 fully saturated rings. The maximum absolute atomic E-state index is 13.2. The molecule has 3 heterocycles. The molecular formula is C25H28N4O4. The van der Waals surface area contributed by atoms with Gasteiger partial charge in [0, 0.05) is 30.8 Å². The summed E-state index contributed by atoms with van der Waals surface area (Å²) in [6, 6.07) is 13.1. The summed E-state index contributed by atoms with van der Waals surface area (Å²) in [5.74, 6) is 0.0436. The van der Waals surface area contributed by atoms with E-state index >= 15 is 0 Å². The van der Waals surface area contributed by atoms with E-state index in [0.717, 1.165) is 48.5 Å². The molecule has 1 unspecified atom stereocenters. The van der Waals surface area contributed by atoms with E-state index in [1.807, 2.05) is 42.5 Å². The second-order valence-corrected chi connectivity index (χ2v) is 8.80. The van der Waals surface area contributed by atoms with Crippen LogP contribution in [0.25, 0.3) is 0 Å². The molecule has 2 saturated heterocycles. The Kier molecular flexibility index (Phi) is 6.00. The van der Waals surface area contributed by atoms with Crippen molar-refractivity contribution in [1.29, 1.82) is 0 Å². The van der Waals surface area contributed by atoms with Crippen molar-refractivity contribution in [3.63, 3.8) is 0 Å². The van der Waals surface area contributed by atoms with Crippen molar-refractivity contribution in [3.05, 3.63) is 59.2 Å². The number of piperidine rings is 2. The first-order valence-electron chi connectivity index (χ1n) is 11.6. The average molecular weight is 449 g/mol. The third kappa shape index (κ3) is 4.57. The summed E-state index contributed by atoms with van der Waals surface area (Å²) in [5.41, 5.74) is 3.40. The number of ether oxygens (including phenoxy) is 1. The molecule has 33 heavy (non-hydrogen) atoms. The predicted octanol–water partition coefficient (Wildman–Crippen LogP) is 2.19. The number of anilines is 1.